The maximum atomic E-state index is 3.71. The van der Waals surface area contributed by atoms with E-state index in [0.29, 0.717) is 0 Å². The number of H-pyrrole nitrogens is 1. The van der Waals surface area contributed by atoms with Crippen LogP contribution in [-0.4, -0.2) is 4.98 Å². The minimum atomic E-state index is 1.20. The first-order chi connectivity index (χ1) is 9.36. The van der Waals surface area contributed by atoms with E-state index in [-0.39, 0.29) is 0 Å². The quantitative estimate of drug-likeness (QED) is 0.590. The summed E-state index contributed by atoms with van der Waals surface area (Å²) in [5.41, 5.74) is 2.91. The molecule has 1 aromatic heterocycles. The van der Waals surface area contributed by atoms with Gasteiger partial charge in [0.1, 0.15) is 0 Å². The van der Waals surface area contributed by atoms with Gasteiger partial charge in [-0.15, -0.1) is 0 Å². The first-order valence-electron chi connectivity index (χ1n) is 7.95. The molecule has 0 bridgehead atoms. The first-order valence-corrected chi connectivity index (χ1v) is 7.95. The van der Waals surface area contributed by atoms with Crippen LogP contribution in [0.25, 0.3) is 10.8 Å². The van der Waals surface area contributed by atoms with E-state index in [0.717, 1.165) is 0 Å². The SMILES string of the molecule is CCCCCc1[nH]c(CCCCC)c2ccccc12. The van der Waals surface area contributed by atoms with E-state index in [9.17, 15) is 0 Å². The summed E-state index contributed by atoms with van der Waals surface area (Å²) in [6, 6.07) is 8.87. The third-order valence-electron chi connectivity index (χ3n) is 3.94. The predicted octanol–water partition coefficient (Wildman–Crippen LogP) is 5.63. The molecule has 2 rings (SSSR count). The number of benzene rings is 1. The number of hydrogen-bond acceptors (Lipinski definition) is 0. The maximum absolute atomic E-state index is 3.71. The van der Waals surface area contributed by atoms with Crippen molar-refractivity contribution in [1.82, 2.24) is 4.98 Å². The second-order valence-corrected chi connectivity index (χ2v) is 5.54. The van der Waals surface area contributed by atoms with E-state index in [1.54, 1.807) is 0 Å². The molecule has 0 fully saturated rings. The van der Waals surface area contributed by atoms with Crippen LogP contribution < -0.4 is 0 Å². The van der Waals surface area contributed by atoms with Gasteiger partial charge in [0.15, 0.2) is 0 Å². The highest BCUT2D eigenvalue weighted by atomic mass is 14.7. The number of unbranched alkanes of at least 4 members (excludes halogenated alkanes) is 4. The Morgan fingerprint density at radius 2 is 1.21 bits per heavy atom. The van der Waals surface area contributed by atoms with Crippen molar-refractivity contribution in [2.75, 3.05) is 0 Å². The van der Waals surface area contributed by atoms with Crippen LogP contribution in [0.15, 0.2) is 24.3 Å². The molecule has 0 radical (unpaired) electrons. The van der Waals surface area contributed by atoms with Crippen molar-refractivity contribution in [1.29, 1.82) is 0 Å². The van der Waals surface area contributed by atoms with Crippen LogP contribution in [0, 0.1) is 0 Å². The van der Waals surface area contributed by atoms with Gasteiger partial charge in [-0.25, -0.2) is 0 Å². The third-order valence-corrected chi connectivity index (χ3v) is 3.94. The Morgan fingerprint density at radius 3 is 1.63 bits per heavy atom. The second kappa shape index (κ2) is 7.37. The molecule has 0 spiro atoms. The molecule has 2 aromatic rings. The average molecular weight is 257 g/mol. The predicted molar refractivity (Wildman–Crippen MR) is 84.8 cm³/mol. The van der Waals surface area contributed by atoms with Gasteiger partial charge in [0.05, 0.1) is 0 Å². The van der Waals surface area contributed by atoms with Crippen LogP contribution in [0.3, 0.4) is 0 Å². The summed E-state index contributed by atoms with van der Waals surface area (Å²) in [6.45, 7) is 4.53. The molecule has 104 valence electrons. The van der Waals surface area contributed by atoms with Gasteiger partial charge in [-0.3, -0.25) is 0 Å². The van der Waals surface area contributed by atoms with Crippen LogP contribution in [0.5, 0.6) is 0 Å². The number of hydrogen-bond donors (Lipinski definition) is 1. The van der Waals surface area contributed by atoms with Crippen molar-refractivity contribution in [3.8, 4) is 0 Å². The fourth-order valence-electron chi connectivity index (χ4n) is 2.82. The number of aromatic amines is 1. The highest BCUT2D eigenvalue weighted by Gasteiger charge is 2.08. The van der Waals surface area contributed by atoms with Crippen LogP contribution >= 0.6 is 0 Å². The summed E-state index contributed by atoms with van der Waals surface area (Å²) < 4.78 is 0. The molecule has 0 aliphatic heterocycles. The molecular weight excluding hydrogens is 230 g/mol. The van der Waals surface area contributed by atoms with Gasteiger partial charge in [0, 0.05) is 22.2 Å². The van der Waals surface area contributed by atoms with E-state index in [1.807, 2.05) is 0 Å². The maximum Gasteiger partial charge on any atom is 0.0229 e. The molecule has 0 atom stereocenters. The zero-order valence-electron chi connectivity index (χ0n) is 12.5. The number of rotatable bonds is 8. The Labute approximate surface area is 117 Å². The highest BCUT2D eigenvalue weighted by molar-refractivity contribution is 5.88. The minimum Gasteiger partial charge on any atom is -0.361 e. The van der Waals surface area contributed by atoms with Gasteiger partial charge >= 0.3 is 0 Å². The van der Waals surface area contributed by atoms with E-state index < -0.39 is 0 Å². The lowest BCUT2D eigenvalue weighted by Crippen LogP contribution is -1.89. The van der Waals surface area contributed by atoms with Crippen LogP contribution in [-0.2, 0) is 12.8 Å². The third kappa shape index (κ3) is 3.62. The van der Waals surface area contributed by atoms with Gasteiger partial charge in [-0.1, -0.05) is 63.8 Å². The summed E-state index contributed by atoms with van der Waals surface area (Å²) >= 11 is 0. The Morgan fingerprint density at radius 1 is 0.737 bits per heavy atom. The van der Waals surface area contributed by atoms with Gasteiger partial charge < -0.3 is 4.98 Å². The van der Waals surface area contributed by atoms with Crippen molar-refractivity contribution < 1.29 is 0 Å². The Hall–Kier alpha value is -1.24. The molecular formula is C18H27N. The van der Waals surface area contributed by atoms with Crippen molar-refractivity contribution in [2.24, 2.45) is 0 Å². The number of aryl methyl sites for hydroxylation is 2. The van der Waals surface area contributed by atoms with Gasteiger partial charge in [0.25, 0.3) is 0 Å². The molecule has 0 aliphatic carbocycles. The van der Waals surface area contributed by atoms with Crippen molar-refractivity contribution in [3.05, 3.63) is 35.7 Å². The van der Waals surface area contributed by atoms with Crippen LogP contribution in [0.1, 0.15) is 63.8 Å². The van der Waals surface area contributed by atoms with Gasteiger partial charge in [-0.2, -0.15) is 0 Å². The zero-order chi connectivity index (χ0) is 13.5. The lowest BCUT2D eigenvalue weighted by atomic mass is 10.1. The molecule has 0 saturated heterocycles. The fraction of sp³-hybridized carbons (Fsp3) is 0.556. The van der Waals surface area contributed by atoms with Crippen LogP contribution in [0.2, 0.25) is 0 Å². The molecule has 1 heteroatoms. The Kier molecular flexibility index (Phi) is 5.50. The number of fused-ring (bicyclic) bond motifs is 1. The summed E-state index contributed by atoms with van der Waals surface area (Å²) in [6.07, 6.45) is 10.2. The molecule has 1 nitrogen and oxygen atoms in total. The van der Waals surface area contributed by atoms with Crippen LogP contribution in [0.4, 0.5) is 0 Å². The van der Waals surface area contributed by atoms with Crippen molar-refractivity contribution in [3.63, 3.8) is 0 Å². The Balaban J connectivity index is 2.16. The van der Waals surface area contributed by atoms with E-state index >= 15 is 0 Å². The molecule has 0 aliphatic rings. The number of aromatic nitrogens is 1. The molecule has 0 saturated carbocycles. The summed E-state index contributed by atoms with van der Waals surface area (Å²) in [7, 11) is 0. The lowest BCUT2D eigenvalue weighted by Gasteiger charge is -1.99. The first kappa shape index (κ1) is 14.2. The largest absolute Gasteiger partial charge is 0.361 e. The molecule has 19 heavy (non-hydrogen) atoms. The van der Waals surface area contributed by atoms with Gasteiger partial charge in [-0.05, 0) is 25.7 Å². The van der Waals surface area contributed by atoms with E-state index in [1.165, 1.54) is 73.5 Å². The topological polar surface area (TPSA) is 15.8 Å². The van der Waals surface area contributed by atoms with E-state index in [2.05, 4.69) is 43.1 Å². The van der Waals surface area contributed by atoms with Crippen molar-refractivity contribution >= 4 is 10.8 Å². The standard InChI is InChI=1S/C18H27N/c1-3-5-7-13-17-15-11-9-10-12-16(15)18(19-17)14-8-6-4-2/h9-12,19H,3-8,13-14H2,1-2H3. The highest BCUT2D eigenvalue weighted by Crippen LogP contribution is 2.25. The van der Waals surface area contributed by atoms with Gasteiger partial charge in [0.2, 0.25) is 0 Å². The Bertz CT molecular complexity index is 451. The van der Waals surface area contributed by atoms with E-state index in [4.69, 9.17) is 0 Å². The normalized spacial score (nSPS) is 11.3. The molecule has 0 unspecified atom stereocenters. The minimum absolute atomic E-state index is 1.20. The second-order valence-electron chi connectivity index (χ2n) is 5.54. The molecule has 0 amide bonds. The molecule has 1 heterocycles. The summed E-state index contributed by atoms with van der Waals surface area (Å²) in [5, 5.41) is 2.90. The zero-order valence-corrected chi connectivity index (χ0v) is 12.5. The average Bonchev–Trinajstić information content (AvgIpc) is 2.79. The molecule has 1 aromatic carbocycles. The monoisotopic (exact) mass is 257 g/mol. The smallest absolute Gasteiger partial charge is 0.0229 e. The summed E-state index contributed by atoms with van der Waals surface area (Å²) in [5.74, 6) is 0. The number of nitrogens with one attached hydrogen (secondary N) is 1. The summed E-state index contributed by atoms with van der Waals surface area (Å²) in [4.78, 5) is 3.71. The fourth-order valence-corrected chi connectivity index (χ4v) is 2.82. The molecule has 1 N–H and O–H groups in total. The van der Waals surface area contributed by atoms with Crippen molar-refractivity contribution in [2.45, 2.75) is 65.2 Å². The lowest BCUT2D eigenvalue weighted by molar-refractivity contribution is 0.697.